The van der Waals surface area contributed by atoms with Crippen molar-refractivity contribution in [2.45, 2.75) is 0 Å². The molecule has 0 spiro atoms. The van der Waals surface area contributed by atoms with Crippen molar-refractivity contribution in [1.82, 2.24) is 39.9 Å². The largest absolute Gasteiger partial charge is 0.451 e. The summed E-state index contributed by atoms with van der Waals surface area (Å²) in [5.41, 5.74) is 19.8. The molecule has 14 rings (SSSR count). The maximum atomic E-state index is 5.20. The standard InChI is InChI=1S/C30H18N4O2.C30H18N4S2/c2*1-2-6-24-23(5-1)29(21-9-19(11-31-13-21)27-15-35-17-33-27)25-7-3-4-8-26(25)30(24)22-10-20(12-32-14-22)28-16-36-18-34-28/h2*1-18H. The molecular weight excluding hydrogens is 929 g/mol. The zero-order valence-corrected chi connectivity index (χ0v) is 39.6. The zero-order chi connectivity index (χ0) is 47.8. The summed E-state index contributed by atoms with van der Waals surface area (Å²) in [5, 5.41) is 13.4. The van der Waals surface area contributed by atoms with Crippen molar-refractivity contribution in [2.24, 2.45) is 0 Å². The summed E-state index contributed by atoms with van der Waals surface area (Å²) in [4.78, 5) is 35.9. The van der Waals surface area contributed by atoms with Crippen LogP contribution in [-0.2, 0) is 0 Å². The molecule has 0 aliphatic carbocycles. The monoisotopic (exact) mass is 964 g/mol. The number of hydrogen-bond acceptors (Lipinski definition) is 12. The Balaban J connectivity index is 0.000000140. The van der Waals surface area contributed by atoms with E-state index in [-0.39, 0.29) is 0 Å². The van der Waals surface area contributed by atoms with Gasteiger partial charge in [0, 0.05) is 105 Å². The van der Waals surface area contributed by atoms with Crippen LogP contribution in [0.3, 0.4) is 0 Å². The molecule has 340 valence electrons. The van der Waals surface area contributed by atoms with Gasteiger partial charge in [-0.05, 0) is 89.6 Å². The SMILES string of the molecule is c1ccc2c(-c3cncc(-c4cocn4)c3)c3ccccc3c(-c3cncc(-c4cocn4)c3)c2c1.c1ccc2c(-c3cncc(-c4cscn4)c3)c3ccccc3c(-c3cncc(-c4cscn4)c3)c2c1. The van der Waals surface area contributed by atoms with E-state index in [1.165, 1.54) is 45.5 Å². The van der Waals surface area contributed by atoms with Gasteiger partial charge in [-0.3, -0.25) is 19.9 Å². The Morgan fingerprint density at radius 3 is 0.792 bits per heavy atom. The average molecular weight is 965 g/mol. The van der Waals surface area contributed by atoms with E-state index in [0.29, 0.717) is 0 Å². The van der Waals surface area contributed by atoms with E-state index in [9.17, 15) is 0 Å². The molecule has 8 heterocycles. The van der Waals surface area contributed by atoms with Gasteiger partial charge in [0.1, 0.15) is 23.9 Å². The third-order valence-electron chi connectivity index (χ3n) is 12.9. The second-order valence-corrected chi connectivity index (χ2v) is 18.5. The molecule has 72 heavy (non-hydrogen) atoms. The topological polar surface area (TPSA) is 129 Å². The number of hydrogen-bond donors (Lipinski definition) is 0. The van der Waals surface area contributed by atoms with Crippen LogP contribution in [0, 0.1) is 0 Å². The average Bonchev–Trinajstić information content (AvgIpc) is 4.32. The van der Waals surface area contributed by atoms with Crippen LogP contribution in [0.5, 0.6) is 0 Å². The first-order chi connectivity index (χ1) is 35.7. The number of nitrogens with zero attached hydrogens (tertiary/aromatic N) is 8. The number of benzene rings is 6. The van der Waals surface area contributed by atoms with E-state index in [4.69, 9.17) is 8.83 Å². The molecule has 10 nitrogen and oxygen atoms in total. The van der Waals surface area contributed by atoms with E-state index < -0.39 is 0 Å². The van der Waals surface area contributed by atoms with Crippen LogP contribution in [0.25, 0.3) is 133 Å². The van der Waals surface area contributed by atoms with E-state index in [1.54, 1.807) is 47.6 Å². The highest BCUT2D eigenvalue weighted by atomic mass is 32.1. The smallest absolute Gasteiger partial charge is 0.181 e. The Kier molecular flexibility index (Phi) is 11.0. The lowest BCUT2D eigenvalue weighted by atomic mass is 9.86. The molecule has 0 aliphatic rings. The third kappa shape index (κ3) is 7.77. The fourth-order valence-corrected chi connectivity index (χ4v) is 10.9. The van der Waals surface area contributed by atoms with Crippen molar-refractivity contribution in [3.05, 3.63) is 218 Å². The van der Waals surface area contributed by atoms with Crippen LogP contribution in [-0.4, -0.2) is 39.9 Å². The van der Waals surface area contributed by atoms with Gasteiger partial charge in [-0.15, -0.1) is 22.7 Å². The number of rotatable bonds is 8. The predicted octanol–water partition coefficient (Wildman–Crippen LogP) is 15.8. The van der Waals surface area contributed by atoms with Crippen LogP contribution in [0.15, 0.2) is 227 Å². The fraction of sp³-hybridized carbons (Fsp3) is 0. The van der Waals surface area contributed by atoms with Crippen molar-refractivity contribution in [2.75, 3.05) is 0 Å². The number of aromatic nitrogens is 8. The summed E-state index contributed by atoms with van der Waals surface area (Å²) in [6.45, 7) is 0. The molecule has 0 fully saturated rings. The van der Waals surface area contributed by atoms with Crippen molar-refractivity contribution in [1.29, 1.82) is 0 Å². The van der Waals surface area contributed by atoms with Crippen LogP contribution in [0.4, 0.5) is 0 Å². The Morgan fingerprint density at radius 2 is 0.556 bits per heavy atom. The predicted molar refractivity (Wildman–Crippen MR) is 289 cm³/mol. The van der Waals surface area contributed by atoms with Gasteiger partial charge in [0.15, 0.2) is 12.8 Å². The molecule has 0 saturated heterocycles. The third-order valence-corrected chi connectivity index (χ3v) is 14.1. The van der Waals surface area contributed by atoms with Crippen LogP contribution in [0.1, 0.15) is 0 Å². The lowest BCUT2D eigenvalue weighted by molar-refractivity contribution is 0.558. The molecule has 0 radical (unpaired) electrons. The highest BCUT2D eigenvalue weighted by Gasteiger charge is 2.20. The second-order valence-electron chi connectivity index (χ2n) is 17.0. The van der Waals surface area contributed by atoms with Gasteiger partial charge in [0.25, 0.3) is 0 Å². The number of pyridine rings is 4. The summed E-state index contributed by atoms with van der Waals surface area (Å²) < 4.78 is 10.4. The first-order valence-corrected chi connectivity index (χ1v) is 24.8. The Bertz CT molecular complexity index is 3580. The molecular formula is C60H36N8O2S2. The summed E-state index contributed by atoms with van der Waals surface area (Å²) in [6.07, 6.45) is 21.2. The minimum atomic E-state index is 0.755. The maximum Gasteiger partial charge on any atom is 0.181 e. The summed E-state index contributed by atoms with van der Waals surface area (Å²) in [6, 6.07) is 42.8. The molecule has 0 aliphatic heterocycles. The fourth-order valence-electron chi connectivity index (χ4n) is 9.79. The normalized spacial score (nSPS) is 11.3. The van der Waals surface area contributed by atoms with E-state index in [2.05, 4.69) is 172 Å². The molecule has 8 aromatic heterocycles. The number of thiazole rings is 2. The van der Waals surface area contributed by atoms with Gasteiger partial charge < -0.3 is 8.83 Å². The molecule has 0 unspecified atom stereocenters. The van der Waals surface area contributed by atoms with Gasteiger partial charge in [-0.2, -0.15) is 0 Å². The Hall–Kier alpha value is -9.36. The van der Waals surface area contributed by atoms with Gasteiger partial charge >= 0.3 is 0 Å². The lowest BCUT2D eigenvalue weighted by Gasteiger charge is -2.18. The molecule has 0 N–H and O–H groups in total. The lowest BCUT2D eigenvalue weighted by Crippen LogP contribution is -1.93. The quantitative estimate of drug-likeness (QED) is 0.136. The maximum absolute atomic E-state index is 5.20. The van der Waals surface area contributed by atoms with E-state index in [1.807, 2.05) is 48.2 Å². The molecule has 12 heteroatoms. The Morgan fingerprint density at radius 1 is 0.292 bits per heavy atom. The van der Waals surface area contributed by atoms with Crippen molar-refractivity contribution in [3.63, 3.8) is 0 Å². The molecule has 0 atom stereocenters. The van der Waals surface area contributed by atoms with Gasteiger partial charge in [0.05, 0.1) is 22.4 Å². The van der Waals surface area contributed by atoms with Crippen LogP contribution >= 0.6 is 22.7 Å². The summed E-state index contributed by atoms with van der Waals surface area (Å²) >= 11 is 3.18. The molecule has 6 aromatic carbocycles. The highest BCUT2D eigenvalue weighted by Crippen LogP contribution is 2.46. The summed E-state index contributed by atoms with van der Waals surface area (Å²) in [7, 11) is 0. The molecule has 0 bridgehead atoms. The zero-order valence-electron chi connectivity index (χ0n) is 38.0. The first-order valence-electron chi connectivity index (χ1n) is 23.0. The van der Waals surface area contributed by atoms with Gasteiger partial charge in [-0.25, -0.2) is 19.9 Å². The van der Waals surface area contributed by atoms with Crippen molar-refractivity contribution >= 4 is 65.8 Å². The van der Waals surface area contributed by atoms with Gasteiger partial charge in [0.2, 0.25) is 0 Å². The van der Waals surface area contributed by atoms with Crippen LogP contribution in [0.2, 0.25) is 0 Å². The Labute approximate surface area is 419 Å². The minimum absolute atomic E-state index is 0.755. The number of oxazole rings is 2. The summed E-state index contributed by atoms with van der Waals surface area (Å²) in [5.74, 6) is 0. The first kappa shape index (κ1) is 42.7. The van der Waals surface area contributed by atoms with E-state index in [0.717, 1.165) is 100.0 Å². The van der Waals surface area contributed by atoms with Crippen molar-refractivity contribution < 1.29 is 8.83 Å². The van der Waals surface area contributed by atoms with E-state index >= 15 is 0 Å². The molecule has 0 saturated carbocycles. The second kappa shape index (κ2) is 18.5. The van der Waals surface area contributed by atoms with Gasteiger partial charge in [-0.1, -0.05) is 97.1 Å². The van der Waals surface area contributed by atoms with Crippen molar-refractivity contribution in [3.8, 4) is 89.5 Å². The minimum Gasteiger partial charge on any atom is -0.451 e. The highest BCUT2D eigenvalue weighted by molar-refractivity contribution is 7.08. The molecule has 14 aromatic rings. The van der Waals surface area contributed by atoms with Crippen LogP contribution < -0.4 is 0 Å². The molecule has 0 amide bonds. The number of fused-ring (bicyclic) bond motifs is 4.